The Balaban J connectivity index is 2.65. The third-order valence-electron chi connectivity index (χ3n) is 2.35. The Kier molecular flexibility index (Phi) is 6.12. The highest BCUT2D eigenvalue weighted by Gasteiger charge is 2.07. The zero-order valence-corrected chi connectivity index (χ0v) is 12.5. The molecule has 0 aromatic carbocycles. The molecule has 0 bridgehead atoms. The number of esters is 1. The van der Waals surface area contributed by atoms with Crippen LogP contribution in [0.2, 0.25) is 0 Å². The van der Waals surface area contributed by atoms with E-state index in [-0.39, 0.29) is 12.4 Å². The van der Waals surface area contributed by atoms with Gasteiger partial charge in [0, 0.05) is 6.07 Å². The fourth-order valence-electron chi connectivity index (χ4n) is 1.34. The number of rotatable bonds is 6. The quantitative estimate of drug-likeness (QED) is 0.598. The van der Waals surface area contributed by atoms with Crippen LogP contribution in [0.5, 0.6) is 5.88 Å². The molecule has 4 nitrogen and oxygen atoms in total. The van der Waals surface area contributed by atoms with Gasteiger partial charge in [-0.15, -0.1) is 0 Å². The fourth-order valence-corrected chi connectivity index (χ4v) is 1.81. The summed E-state index contributed by atoms with van der Waals surface area (Å²) in [6.45, 7) is 4.90. The maximum atomic E-state index is 11.2. The zero-order chi connectivity index (χ0) is 13.5. The first-order valence-corrected chi connectivity index (χ1v) is 6.66. The SMILES string of the molecule is COC(=O)Cc1cc(Br)nc(OCCC(C)C)c1. The Hall–Kier alpha value is -1.10. The topological polar surface area (TPSA) is 48.4 Å². The number of aromatic nitrogens is 1. The number of pyridine rings is 1. The molecule has 0 spiro atoms. The lowest BCUT2D eigenvalue weighted by molar-refractivity contribution is -0.139. The second-order valence-corrected chi connectivity index (χ2v) is 5.23. The third-order valence-corrected chi connectivity index (χ3v) is 2.76. The Morgan fingerprint density at radius 3 is 2.78 bits per heavy atom. The molecule has 0 aliphatic rings. The second-order valence-electron chi connectivity index (χ2n) is 4.42. The van der Waals surface area contributed by atoms with Gasteiger partial charge in [-0.05, 0) is 39.9 Å². The molecule has 0 amide bonds. The van der Waals surface area contributed by atoms with Crippen LogP contribution in [0, 0.1) is 5.92 Å². The molecule has 0 aliphatic heterocycles. The number of methoxy groups -OCH3 is 1. The molecule has 1 rings (SSSR count). The molecule has 0 saturated heterocycles. The van der Waals surface area contributed by atoms with Crippen LogP contribution >= 0.6 is 15.9 Å². The van der Waals surface area contributed by atoms with Gasteiger partial charge in [-0.1, -0.05) is 13.8 Å². The van der Waals surface area contributed by atoms with E-state index < -0.39 is 0 Å². The lowest BCUT2D eigenvalue weighted by Gasteiger charge is -2.09. The van der Waals surface area contributed by atoms with Crippen molar-refractivity contribution < 1.29 is 14.3 Å². The molecule has 0 N–H and O–H groups in total. The molecule has 0 unspecified atom stereocenters. The number of carbonyl (C=O) groups is 1. The van der Waals surface area contributed by atoms with E-state index in [0.717, 1.165) is 12.0 Å². The minimum Gasteiger partial charge on any atom is -0.478 e. The van der Waals surface area contributed by atoms with E-state index in [2.05, 4.69) is 39.5 Å². The van der Waals surface area contributed by atoms with Crippen molar-refractivity contribution in [3.8, 4) is 5.88 Å². The Bertz CT molecular complexity index is 407. The fraction of sp³-hybridized carbons (Fsp3) is 0.538. The summed E-state index contributed by atoms with van der Waals surface area (Å²) in [4.78, 5) is 15.4. The molecule has 0 atom stereocenters. The highest BCUT2D eigenvalue weighted by molar-refractivity contribution is 9.10. The van der Waals surface area contributed by atoms with Crippen molar-refractivity contribution in [3.05, 3.63) is 22.3 Å². The highest BCUT2D eigenvalue weighted by Crippen LogP contribution is 2.18. The van der Waals surface area contributed by atoms with Gasteiger partial charge in [-0.2, -0.15) is 0 Å². The number of hydrogen-bond donors (Lipinski definition) is 0. The summed E-state index contributed by atoms with van der Waals surface area (Å²) >= 11 is 3.30. The van der Waals surface area contributed by atoms with E-state index in [0.29, 0.717) is 23.0 Å². The largest absolute Gasteiger partial charge is 0.478 e. The first-order chi connectivity index (χ1) is 8.51. The molecule has 18 heavy (non-hydrogen) atoms. The number of ether oxygens (including phenoxy) is 2. The van der Waals surface area contributed by atoms with Crippen molar-refractivity contribution >= 4 is 21.9 Å². The van der Waals surface area contributed by atoms with E-state index in [1.807, 2.05) is 0 Å². The van der Waals surface area contributed by atoms with Crippen LogP contribution in [-0.4, -0.2) is 24.7 Å². The summed E-state index contributed by atoms with van der Waals surface area (Å²) in [7, 11) is 1.37. The Labute approximate surface area is 116 Å². The van der Waals surface area contributed by atoms with Gasteiger partial charge < -0.3 is 9.47 Å². The lowest BCUT2D eigenvalue weighted by Crippen LogP contribution is -2.06. The minimum absolute atomic E-state index is 0.220. The standard InChI is InChI=1S/C13H18BrNO3/c1-9(2)4-5-18-12-7-10(6-11(14)15-12)8-13(16)17-3/h6-7,9H,4-5,8H2,1-3H3. The number of halogens is 1. The molecular formula is C13H18BrNO3. The van der Waals surface area contributed by atoms with Crippen molar-refractivity contribution in [2.45, 2.75) is 26.7 Å². The van der Waals surface area contributed by atoms with E-state index >= 15 is 0 Å². The van der Waals surface area contributed by atoms with Crippen LogP contribution in [0.15, 0.2) is 16.7 Å². The van der Waals surface area contributed by atoms with Gasteiger partial charge in [-0.3, -0.25) is 4.79 Å². The van der Waals surface area contributed by atoms with Crippen LogP contribution in [0.4, 0.5) is 0 Å². The molecule has 100 valence electrons. The monoisotopic (exact) mass is 315 g/mol. The first kappa shape index (κ1) is 15.0. The van der Waals surface area contributed by atoms with E-state index in [1.54, 1.807) is 12.1 Å². The normalized spacial score (nSPS) is 10.5. The maximum absolute atomic E-state index is 11.2. The van der Waals surface area contributed by atoms with E-state index in [4.69, 9.17) is 4.74 Å². The van der Waals surface area contributed by atoms with Crippen LogP contribution in [0.3, 0.4) is 0 Å². The number of nitrogens with zero attached hydrogens (tertiary/aromatic N) is 1. The molecule has 0 saturated carbocycles. The average molecular weight is 316 g/mol. The lowest BCUT2D eigenvalue weighted by atomic mass is 10.1. The average Bonchev–Trinajstić information content (AvgIpc) is 2.27. The van der Waals surface area contributed by atoms with Gasteiger partial charge >= 0.3 is 5.97 Å². The van der Waals surface area contributed by atoms with Crippen molar-refractivity contribution in [1.29, 1.82) is 0 Å². The maximum Gasteiger partial charge on any atom is 0.309 e. The number of carbonyl (C=O) groups excluding carboxylic acids is 1. The van der Waals surface area contributed by atoms with Gasteiger partial charge in [0.15, 0.2) is 0 Å². The molecule has 5 heteroatoms. The predicted octanol–water partition coefficient (Wildman–Crippen LogP) is 2.98. The van der Waals surface area contributed by atoms with Gasteiger partial charge in [0.05, 0.1) is 20.1 Å². The smallest absolute Gasteiger partial charge is 0.309 e. The molecule has 0 aliphatic carbocycles. The van der Waals surface area contributed by atoms with E-state index in [9.17, 15) is 4.79 Å². The molecule has 1 heterocycles. The summed E-state index contributed by atoms with van der Waals surface area (Å²) in [5, 5.41) is 0. The van der Waals surface area contributed by atoms with Gasteiger partial charge in [0.2, 0.25) is 5.88 Å². The highest BCUT2D eigenvalue weighted by atomic mass is 79.9. The van der Waals surface area contributed by atoms with Gasteiger partial charge in [0.1, 0.15) is 4.60 Å². The van der Waals surface area contributed by atoms with Crippen molar-refractivity contribution in [2.24, 2.45) is 5.92 Å². The van der Waals surface area contributed by atoms with Crippen molar-refractivity contribution in [3.63, 3.8) is 0 Å². The zero-order valence-electron chi connectivity index (χ0n) is 10.9. The van der Waals surface area contributed by atoms with Crippen LogP contribution in [0.1, 0.15) is 25.8 Å². The number of hydrogen-bond acceptors (Lipinski definition) is 4. The van der Waals surface area contributed by atoms with Gasteiger partial charge in [-0.25, -0.2) is 4.98 Å². The Morgan fingerprint density at radius 1 is 1.44 bits per heavy atom. The first-order valence-electron chi connectivity index (χ1n) is 5.87. The van der Waals surface area contributed by atoms with Crippen LogP contribution < -0.4 is 4.74 Å². The summed E-state index contributed by atoms with van der Waals surface area (Å²) in [5.41, 5.74) is 0.822. The predicted molar refractivity (Wildman–Crippen MR) is 72.6 cm³/mol. The molecule has 0 radical (unpaired) electrons. The van der Waals surface area contributed by atoms with Crippen LogP contribution in [0.25, 0.3) is 0 Å². The molecular weight excluding hydrogens is 298 g/mol. The van der Waals surface area contributed by atoms with Gasteiger partial charge in [0.25, 0.3) is 0 Å². The van der Waals surface area contributed by atoms with Crippen molar-refractivity contribution in [2.75, 3.05) is 13.7 Å². The van der Waals surface area contributed by atoms with E-state index in [1.165, 1.54) is 7.11 Å². The Morgan fingerprint density at radius 2 is 2.17 bits per heavy atom. The molecule has 0 fully saturated rings. The summed E-state index contributed by atoms with van der Waals surface area (Å²) < 4.78 is 10.8. The third kappa shape index (κ3) is 5.49. The summed E-state index contributed by atoms with van der Waals surface area (Å²) in [5.74, 6) is 0.844. The molecule has 1 aromatic rings. The summed E-state index contributed by atoms with van der Waals surface area (Å²) in [6, 6.07) is 3.55. The summed E-state index contributed by atoms with van der Waals surface area (Å²) in [6.07, 6.45) is 1.19. The minimum atomic E-state index is -0.277. The molecule has 1 aromatic heterocycles. The second kappa shape index (κ2) is 7.36. The van der Waals surface area contributed by atoms with Crippen LogP contribution in [-0.2, 0) is 16.0 Å². The van der Waals surface area contributed by atoms with Crippen molar-refractivity contribution in [1.82, 2.24) is 4.98 Å².